The lowest BCUT2D eigenvalue weighted by atomic mass is 10.1. The summed E-state index contributed by atoms with van der Waals surface area (Å²) in [4.78, 5) is 0. The Morgan fingerprint density at radius 3 is 1.88 bits per heavy atom. The van der Waals surface area contributed by atoms with Crippen LogP contribution < -0.4 is 5.73 Å². The fourth-order valence-corrected chi connectivity index (χ4v) is 0.454. The maximum atomic E-state index is 5.47. The molecule has 0 aliphatic rings. The Balaban J connectivity index is 3.16. The zero-order valence-corrected chi connectivity index (χ0v) is 5.06. The van der Waals surface area contributed by atoms with Gasteiger partial charge < -0.3 is 5.73 Å². The lowest BCUT2D eigenvalue weighted by Gasteiger charge is -2.00. The molecule has 0 saturated heterocycles. The lowest BCUT2D eigenvalue weighted by molar-refractivity contribution is 0.878. The first-order chi connectivity index (χ1) is 3.81. The van der Waals surface area contributed by atoms with Crippen molar-refractivity contribution in [2.45, 2.75) is 12.8 Å². The summed E-state index contributed by atoms with van der Waals surface area (Å²) >= 11 is 0. The van der Waals surface area contributed by atoms with Crippen LogP contribution in [-0.4, -0.2) is 0 Å². The third kappa shape index (κ3) is 3.62. The molecule has 2 N–H and O–H groups in total. The Kier molecular flexibility index (Phi) is 4.27. The molecule has 0 aliphatic heterocycles. The van der Waals surface area contributed by atoms with Gasteiger partial charge in [0.1, 0.15) is 0 Å². The third-order valence-electron chi connectivity index (χ3n) is 0.813. The second-order valence-corrected chi connectivity index (χ2v) is 1.64. The highest BCUT2D eigenvalue weighted by Gasteiger charge is 1.93. The smallest absolute Gasteiger partial charge is 0.0412 e. The first kappa shape index (κ1) is 7.44. The molecule has 1 heteroatoms. The molecule has 1 nitrogen and oxygen atoms in total. The molecule has 0 saturated carbocycles. The first-order valence-corrected chi connectivity index (χ1v) is 2.63. The van der Waals surface area contributed by atoms with Crippen molar-refractivity contribution in [2.24, 2.45) is 5.73 Å². The zero-order valence-electron chi connectivity index (χ0n) is 5.06. The molecule has 0 atom stereocenters. The standard InChI is InChI=1S/C7H12N/c1-3-5-7(8)6-4-2/h3-4H,1-2,5-6,8H2. The molecule has 0 aliphatic carbocycles. The van der Waals surface area contributed by atoms with Crippen LogP contribution in [0.2, 0.25) is 0 Å². The lowest BCUT2D eigenvalue weighted by Crippen LogP contribution is -2.06. The molecule has 45 valence electrons. The summed E-state index contributed by atoms with van der Waals surface area (Å²) in [6.45, 7) is 7.10. The quantitative estimate of drug-likeness (QED) is 0.547. The molecule has 0 spiro atoms. The van der Waals surface area contributed by atoms with Gasteiger partial charge >= 0.3 is 0 Å². The molecular formula is C7H12N. The van der Waals surface area contributed by atoms with Crippen LogP contribution in [0, 0.1) is 6.04 Å². The monoisotopic (exact) mass is 110 g/mol. The SMILES string of the molecule is C=CC[C](N)CC=C. The summed E-state index contributed by atoms with van der Waals surface area (Å²) < 4.78 is 0. The average molecular weight is 110 g/mol. The van der Waals surface area contributed by atoms with E-state index < -0.39 is 0 Å². The number of hydrogen-bond donors (Lipinski definition) is 1. The van der Waals surface area contributed by atoms with Crippen LogP contribution in [0.1, 0.15) is 12.8 Å². The maximum absolute atomic E-state index is 5.47. The van der Waals surface area contributed by atoms with Crippen LogP contribution in [0.4, 0.5) is 0 Å². The van der Waals surface area contributed by atoms with Crippen molar-refractivity contribution in [1.29, 1.82) is 0 Å². The molecule has 0 aromatic rings. The van der Waals surface area contributed by atoms with Crippen molar-refractivity contribution >= 4 is 0 Å². The minimum Gasteiger partial charge on any atom is -0.323 e. The fraction of sp³-hybridized carbons (Fsp3) is 0.286. The van der Waals surface area contributed by atoms with Gasteiger partial charge in [-0.05, 0) is 12.8 Å². The predicted octanol–water partition coefficient (Wildman–Crippen LogP) is 1.63. The van der Waals surface area contributed by atoms with E-state index in [9.17, 15) is 0 Å². The molecule has 1 radical (unpaired) electrons. The second-order valence-electron chi connectivity index (χ2n) is 1.64. The summed E-state index contributed by atoms with van der Waals surface area (Å²) in [5, 5.41) is 0. The Hall–Kier alpha value is -0.560. The predicted molar refractivity (Wildman–Crippen MR) is 37.1 cm³/mol. The van der Waals surface area contributed by atoms with Gasteiger partial charge in [0.15, 0.2) is 0 Å². The van der Waals surface area contributed by atoms with E-state index in [0.717, 1.165) is 18.9 Å². The molecule has 0 unspecified atom stereocenters. The summed E-state index contributed by atoms with van der Waals surface area (Å²) in [6, 6.07) is 0.926. The number of hydrogen-bond acceptors (Lipinski definition) is 1. The highest BCUT2D eigenvalue weighted by Crippen LogP contribution is 2.02. The molecule has 0 fully saturated rings. The molecule has 0 rings (SSSR count). The summed E-state index contributed by atoms with van der Waals surface area (Å²) in [7, 11) is 0. The summed E-state index contributed by atoms with van der Waals surface area (Å²) in [6.07, 6.45) is 5.18. The van der Waals surface area contributed by atoms with Crippen molar-refractivity contribution in [3.8, 4) is 0 Å². The van der Waals surface area contributed by atoms with Crippen molar-refractivity contribution in [1.82, 2.24) is 0 Å². The van der Waals surface area contributed by atoms with Crippen molar-refractivity contribution in [3.63, 3.8) is 0 Å². The van der Waals surface area contributed by atoms with Crippen LogP contribution in [0.25, 0.3) is 0 Å². The molecule has 0 aromatic carbocycles. The molecule has 0 amide bonds. The van der Waals surface area contributed by atoms with E-state index in [0.29, 0.717) is 0 Å². The van der Waals surface area contributed by atoms with E-state index >= 15 is 0 Å². The Morgan fingerprint density at radius 2 is 1.62 bits per heavy atom. The Labute approximate surface area is 50.9 Å². The molecule has 0 heterocycles. The van der Waals surface area contributed by atoms with Gasteiger partial charge in [-0.25, -0.2) is 0 Å². The van der Waals surface area contributed by atoms with Gasteiger partial charge in [0.05, 0.1) is 0 Å². The van der Waals surface area contributed by atoms with Crippen LogP contribution in [0.15, 0.2) is 25.3 Å². The van der Waals surface area contributed by atoms with Crippen LogP contribution in [0.5, 0.6) is 0 Å². The topological polar surface area (TPSA) is 26.0 Å². The van der Waals surface area contributed by atoms with Gasteiger partial charge in [-0.2, -0.15) is 0 Å². The largest absolute Gasteiger partial charge is 0.323 e. The molecule has 8 heavy (non-hydrogen) atoms. The van der Waals surface area contributed by atoms with Crippen LogP contribution in [0.3, 0.4) is 0 Å². The Bertz CT molecular complexity index is 66.5. The van der Waals surface area contributed by atoms with E-state index in [-0.39, 0.29) is 0 Å². The third-order valence-corrected chi connectivity index (χ3v) is 0.813. The fourth-order valence-electron chi connectivity index (χ4n) is 0.454. The number of rotatable bonds is 4. The van der Waals surface area contributed by atoms with Gasteiger partial charge in [-0.1, -0.05) is 12.2 Å². The zero-order chi connectivity index (χ0) is 6.41. The second kappa shape index (κ2) is 4.60. The Morgan fingerprint density at radius 1 is 1.25 bits per heavy atom. The van der Waals surface area contributed by atoms with Gasteiger partial charge in [0.2, 0.25) is 0 Å². The van der Waals surface area contributed by atoms with E-state index in [1.54, 1.807) is 12.2 Å². The summed E-state index contributed by atoms with van der Waals surface area (Å²) in [5.41, 5.74) is 5.47. The van der Waals surface area contributed by atoms with E-state index in [1.807, 2.05) is 0 Å². The average Bonchev–Trinajstić information content (AvgIpc) is 1.68. The minimum absolute atomic E-state index is 0.798. The molecular weight excluding hydrogens is 98.1 g/mol. The van der Waals surface area contributed by atoms with Gasteiger partial charge in [0.25, 0.3) is 0 Å². The van der Waals surface area contributed by atoms with E-state index in [1.165, 1.54) is 0 Å². The van der Waals surface area contributed by atoms with Gasteiger partial charge in [-0.15, -0.1) is 13.2 Å². The highest BCUT2D eigenvalue weighted by molar-refractivity contribution is 4.94. The summed E-state index contributed by atoms with van der Waals surface area (Å²) in [5.74, 6) is 0. The minimum atomic E-state index is 0.798. The highest BCUT2D eigenvalue weighted by atomic mass is 14.6. The van der Waals surface area contributed by atoms with Gasteiger partial charge in [0, 0.05) is 6.04 Å². The van der Waals surface area contributed by atoms with Crippen molar-refractivity contribution < 1.29 is 0 Å². The van der Waals surface area contributed by atoms with E-state index in [4.69, 9.17) is 5.73 Å². The van der Waals surface area contributed by atoms with Crippen LogP contribution >= 0.6 is 0 Å². The normalized spacial score (nSPS) is 9.25. The maximum Gasteiger partial charge on any atom is 0.0412 e. The van der Waals surface area contributed by atoms with Crippen molar-refractivity contribution in [2.75, 3.05) is 0 Å². The van der Waals surface area contributed by atoms with E-state index in [2.05, 4.69) is 13.2 Å². The first-order valence-electron chi connectivity index (χ1n) is 2.63. The molecule has 0 bridgehead atoms. The van der Waals surface area contributed by atoms with Crippen LogP contribution in [-0.2, 0) is 0 Å². The number of nitrogens with two attached hydrogens (primary N) is 1. The molecule has 0 aromatic heterocycles. The van der Waals surface area contributed by atoms with Gasteiger partial charge in [-0.3, -0.25) is 0 Å². The van der Waals surface area contributed by atoms with Crippen molar-refractivity contribution in [3.05, 3.63) is 31.4 Å².